The highest BCUT2D eigenvalue weighted by molar-refractivity contribution is 6.01. The van der Waals surface area contributed by atoms with Gasteiger partial charge in [0.05, 0.1) is 29.1 Å². The maximum Gasteiger partial charge on any atom is 0.351 e. The van der Waals surface area contributed by atoms with Crippen LogP contribution >= 0.6 is 0 Å². The summed E-state index contributed by atoms with van der Waals surface area (Å²) in [4.78, 5) is 39.7. The smallest absolute Gasteiger partial charge is 0.351 e. The molecule has 3 aromatic rings. The van der Waals surface area contributed by atoms with E-state index in [1.54, 1.807) is 43.3 Å². The summed E-state index contributed by atoms with van der Waals surface area (Å²) < 4.78 is 5.81. The molecule has 0 spiro atoms. The van der Waals surface area contributed by atoms with Crippen LogP contribution in [0.1, 0.15) is 23.6 Å². The third-order valence-corrected chi connectivity index (χ3v) is 4.43. The van der Waals surface area contributed by atoms with Crippen LogP contribution in [-0.4, -0.2) is 27.3 Å². The number of ether oxygens (including phenoxy) is 1. The number of nitrogens with one attached hydrogen (secondary N) is 1. The number of H-pyrrole nitrogens is 1. The van der Waals surface area contributed by atoms with E-state index in [9.17, 15) is 24.9 Å². The van der Waals surface area contributed by atoms with Crippen molar-refractivity contribution in [3.63, 3.8) is 0 Å². The number of aryl methyl sites for hydroxylation is 1. The highest BCUT2D eigenvalue weighted by atomic mass is 16.5. The van der Waals surface area contributed by atoms with Gasteiger partial charge in [0.1, 0.15) is 23.2 Å². The summed E-state index contributed by atoms with van der Waals surface area (Å²) in [5.41, 5.74) is 4.28. The Labute approximate surface area is 175 Å². The van der Waals surface area contributed by atoms with E-state index in [-0.39, 0.29) is 28.8 Å². The molecular weight excluding hydrogens is 400 g/mol. The minimum absolute atomic E-state index is 0.0152. The van der Waals surface area contributed by atoms with Gasteiger partial charge in [-0.15, -0.1) is 0 Å². The molecule has 31 heavy (non-hydrogen) atoms. The van der Waals surface area contributed by atoms with E-state index < -0.39 is 28.4 Å². The summed E-state index contributed by atoms with van der Waals surface area (Å²) in [6.45, 7) is 3.45. The lowest BCUT2D eigenvalue weighted by molar-refractivity contribution is -0.137. The van der Waals surface area contributed by atoms with Crippen LogP contribution in [0.3, 0.4) is 0 Å². The van der Waals surface area contributed by atoms with Crippen molar-refractivity contribution in [1.82, 2.24) is 14.8 Å². The van der Waals surface area contributed by atoms with Crippen molar-refractivity contribution < 1.29 is 9.53 Å². The third kappa shape index (κ3) is 3.78. The maximum absolute atomic E-state index is 12.8. The van der Waals surface area contributed by atoms with Crippen LogP contribution in [0.25, 0.3) is 22.4 Å². The number of hydrogen-bond donors (Lipinski definition) is 2. The van der Waals surface area contributed by atoms with Crippen LogP contribution in [0, 0.1) is 29.6 Å². The van der Waals surface area contributed by atoms with Gasteiger partial charge in [-0.05, 0) is 32.0 Å². The molecule has 10 heteroatoms. The second-order valence-electron chi connectivity index (χ2n) is 6.43. The average molecular weight is 416 g/mol. The fourth-order valence-electron chi connectivity index (χ4n) is 2.87. The quantitative estimate of drug-likeness (QED) is 0.361. The first kappa shape index (κ1) is 21.0. The zero-order chi connectivity index (χ0) is 22.7. The molecule has 10 nitrogen and oxygen atoms in total. The van der Waals surface area contributed by atoms with Crippen molar-refractivity contribution in [1.29, 1.82) is 10.5 Å². The molecule has 0 unspecified atom stereocenters. The SMILES string of the molecule is CCOC(=O)/C(C#N)=C(/N)c1cc2nn(-c3ccc(C)cc3)c(=O)c(C#N)c2[nH]c1=O. The zero-order valence-electron chi connectivity index (χ0n) is 16.6. The van der Waals surface area contributed by atoms with Crippen molar-refractivity contribution in [2.24, 2.45) is 5.73 Å². The van der Waals surface area contributed by atoms with Gasteiger partial charge in [0.2, 0.25) is 0 Å². The lowest BCUT2D eigenvalue weighted by atomic mass is 10.1. The Bertz CT molecular complexity index is 1430. The van der Waals surface area contributed by atoms with E-state index in [0.29, 0.717) is 5.69 Å². The van der Waals surface area contributed by atoms with Gasteiger partial charge in [0, 0.05) is 0 Å². The first-order valence-corrected chi connectivity index (χ1v) is 9.07. The number of esters is 1. The van der Waals surface area contributed by atoms with Gasteiger partial charge in [-0.25, -0.2) is 4.79 Å². The predicted molar refractivity (Wildman–Crippen MR) is 111 cm³/mol. The van der Waals surface area contributed by atoms with E-state index in [4.69, 9.17) is 10.5 Å². The molecule has 0 amide bonds. The van der Waals surface area contributed by atoms with Gasteiger partial charge in [-0.3, -0.25) is 9.59 Å². The summed E-state index contributed by atoms with van der Waals surface area (Å²) in [7, 11) is 0. The summed E-state index contributed by atoms with van der Waals surface area (Å²) >= 11 is 0. The van der Waals surface area contributed by atoms with Gasteiger partial charge in [-0.2, -0.15) is 20.3 Å². The number of pyridine rings is 1. The fourth-order valence-corrected chi connectivity index (χ4v) is 2.87. The lowest BCUT2D eigenvalue weighted by Gasteiger charge is -2.10. The Kier molecular flexibility index (Phi) is 5.66. The lowest BCUT2D eigenvalue weighted by Crippen LogP contribution is -2.27. The van der Waals surface area contributed by atoms with Gasteiger partial charge >= 0.3 is 5.97 Å². The van der Waals surface area contributed by atoms with Gasteiger partial charge < -0.3 is 15.5 Å². The molecule has 0 atom stereocenters. The number of aromatic amines is 1. The summed E-state index contributed by atoms with van der Waals surface area (Å²) in [5, 5.41) is 23.0. The third-order valence-electron chi connectivity index (χ3n) is 4.43. The summed E-state index contributed by atoms with van der Waals surface area (Å²) in [5.74, 6) is -0.975. The number of rotatable bonds is 4. The van der Waals surface area contributed by atoms with Crippen LogP contribution in [-0.2, 0) is 9.53 Å². The molecule has 0 fully saturated rings. The number of aromatic nitrogens is 3. The monoisotopic (exact) mass is 416 g/mol. The van der Waals surface area contributed by atoms with Crippen molar-refractivity contribution >= 4 is 22.7 Å². The van der Waals surface area contributed by atoms with Crippen molar-refractivity contribution in [3.05, 3.63) is 73.3 Å². The molecule has 0 radical (unpaired) electrons. The van der Waals surface area contributed by atoms with Crippen LogP contribution in [0.5, 0.6) is 0 Å². The number of carbonyl (C=O) groups is 1. The second kappa shape index (κ2) is 8.35. The Morgan fingerprint density at radius 2 is 1.94 bits per heavy atom. The Hall–Kier alpha value is -4.70. The Morgan fingerprint density at radius 1 is 1.26 bits per heavy atom. The van der Waals surface area contributed by atoms with E-state index in [2.05, 4.69) is 10.1 Å². The van der Waals surface area contributed by atoms with Gasteiger partial charge in [-0.1, -0.05) is 17.7 Å². The molecule has 1 aromatic carbocycles. The second-order valence-corrected chi connectivity index (χ2v) is 6.43. The van der Waals surface area contributed by atoms with Crippen molar-refractivity contribution in [3.8, 4) is 17.8 Å². The number of benzene rings is 1. The molecule has 0 aliphatic heterocycles. The molecule has 154 valence electrons. The van der Waals surface area contributed by atoms with E-state index in [1.165, 1.54) is 6.07 Å². The zero-order valence-corrected chi connectivity index (χ0v) is 16.6. The first-order valence-electron chi connectivity index (χ1n) is 9.07. The highest BCUT2D eigenvalue weighted by Gasteiger charge is 2.21. The van der Waals surface area contributed by atoms with Crippen LogP contribution in [0.15, 0.2) is 45.5 Å². The van der Waals surface area contributed by atoms with E-state index in [0.717, 1.165) is 10.2 Å². The Balaban J connectivity index is 2.34. The fraction of sp³-hybridized carbons (Fsp3) is 0.143. The number of nitriles is 2. The predicted octanol–water partition coefficient (Wildman–Crippen LogP) is 1.01. The number of fused-ring (bicyclic) bond motifs is 1. The van der Waals surface area contributed by atoms with Gasteiger partial charge in [0.25, 0.3) is 11.1 Å². The van der Waals surface area contributed by atoms with Gasteiger partial charge in [0.15, 0.2) is 5.57 Å². The summed E-state index contributed by atoms with van der Waals surface area (Å²) in [6, 6.07) is 11.5. The molecule has 0 bridgehead atoms. The molecule has 0 aliphatic rings. The molecule has 3 rings (SSSR count). The average Bonchev–Trinajstić information content (AvgIpc) is 2.74. The molecule has 0 saturated heterocycles. The maximum atomic E-state index is 12.8. The molecule has 2 aromatic heterocycles. The standard InChI is InChI=1S/C21H16N6O4/c1-3-31-21(30)14(9-22)17(24)13-8-16-18(25-19(13)28)15(10-23)20(29)27(26-16)12-6-4-11(2)5-7-12/h4-8H,3,24H2,1-2H3,(H,25,28)/b17-14+. The largest absolute Gasteiger partial charge is 0.462 e. The van der Waals surface area contributed by atoms with E-state index in [1.807, 2.05) is 6.92 Å². The number of nitrogens with zero attached hydrogens (tertiary/aromatic N) is 4. The molecule has 0 aliphatic carbocycles. The molecular formula is C21H16N6O4. The molecule has 0 saturated carbocycles. The van der Waals surface area contributed by atoms with Crippen LogP contribution in [0.2, 0.25) is 0 Å². The number of hydrogen-bond acceptors (Lipinski definition) is 8. The minimum Gasteiger partial charge on any atom is -0.462 e. The van der Waals surface area contributed by atoms with E-state index >= 15 is 0 Å². The number of carbonyl (C=O) groups excluding carboxylic acids is 1. The van der Waals surface area contributed by atoms with Crippen molar-refractivity contribution in [2.45, 2.75) is 13.8 Å². The Morgan fingerprint density at radius 3 is 2.52 bits per heavy atom. The topological polar surface area (TPSA) is 168 Å². The highest BCUT2D eigenvalue weighted by Crippen LogP contribution is 2.17. The minimum atomic E-state index is -0.975. The van der Waals surface area contributed by atoms with Crippen LogP contribution < -0.4 is 16.9 Å². The molecule has 3 N–H and O–H groups in total. The van der Waals surface area contributed by atoms with Crippen molar-refractivity contribution in [2.75, 3.05) is 6.61 Å². The first-order chi connectivity index (χ1) is 14.8. The normalized spacial score (nSPS) is 11.4. The molecule has 2 heterocycles. The number of nitrogens with two attached hydrogens (primary N) is 1. The summed E-state index contributed by atoms with van der Waals surface area (Å²) in [6.07, 6.45) is 0. The van der Waals surface area contributed by atoms with Crippen LogP contribution in [0.4, 0.5) is 0 Å².